The molecule has 19 nitrogen and oxygen atoms in total. The number of aliphatic hydroxyl groups excluding tert-OH is 2. The molecule has 52 heavy (non-hydrogen) atoms. The van der Waals surface area contributed by atoms with Crippen molar-refractivity contribution in [2.24, 2.45) is 4.99 Å². The van der Waals surface area contributed by atoms with Gasteiger partial charge in [-0.15, -0.1) is 0 Å². The molecule has 2 saturated heterocycles. The number of aliphatic imine (C=N–C) groups is 1. The highest BCUT2D eigenvalue weighted by molar-refractivity contribution is 7.78. The van der Waals surface area contributed by atoms with Gasteiger partial charge in [0.2, 0.25) is 0 Å². The Kier molecular flexibility index (Phi) is 14.1. The zero-order valence-corrected chi connectivity index (χ0v) is 29.9. The van der Waals surface area contributed by atoms with Crippen LogP contribution < -0.4 is 0 Å². The fraction of sp³-hybridized carbons (Fsp3) is 0.656. The summed E-state index contributed by atoms with van der Waals surface area (Å²) in [6, 6.07) is 0. The van der Waals surface area contributed by atoms with Crippen LogP contribution in [0.25, 0.3) is 0 Å². The summed E-state index contributed by atoms with van der Waals surface area (Å²) in [5, 5.41) is 65.8. The minimum Gasteiger partial charge on any atom is -0.508 e. The van der Waals surface area contributed by atoms with E-state index in [2.05, 4.69) is 17.2 Å². The highest BCUT2D eigenvalue weighted by Gasteiger charge is 2.62. The SMILES string of the molecule is C/C=C(/N=C=S)C(=O)O[C@H]1[C@H](O[C@H]2C[C@H](OC)[C@@](O)([C@@H](C)OC(=O)CC)[C@H](C)O2)[C@H](O)[C@@H]([C@@]2(O)CC(=O)C(=N)C(C(=O)O)=C2O)O[C@@H]1COC(C)=O. The predicted molar refractivity (Wildman–Crippen MR) is 175 cm³/mol. The van der Waals surface area contributed by atoms with E-state index in [1.165, 1.54) is 34.0 Å². The summed E-state index contributed by atoms with van der Waals surface area (Å²) in [5.74, 6) is -7.22. The monoisotopic (exact) mass is 758 g/mol. The third kappa shape index (κ3) is 8.46. The number of methoxy groups -OCH3 is 1. The number of thiocarbonyl (C=S) groups is 1. The van der Waals surface area contributed by atoms with E-state index in [9.17, 15) is 49.5 Å². The van der Waals surface area contributed by atoms with Crippen molar-refractivity contribution < 1.29 is 82.7 Å². The number of nitrogens with zero attached hydrogens (tertiary/aromatic N) is 1. The third-order valence-electron chi connectivity index (χ3n) is 9.06. The molecule has 3 aliphatic rings. The van der Waals surface area contributed by atoms with E-state index in [0.29, 0.717) is 0 Å². The number of ether oxygens (including phenoxy) is 7. The maximum absolute atomic E-state index is 13.3. The number of isothiocyanates is 1. The Hall–Kier alpha value is -3.98. The molecule has 288 valence electrons. The standard InChI is InChI=1S/C32H42N2O17S/c1-7-16(34-12-52)30(42)51-25-18(11-46-15(5)35)49-28(31(43)10-17(36)23(33)22(27(31)39)29(40)41)24(38)26(25)50-21-9-19(45-6)32(44,14(4)48-21)13(3)47-20(37)8-2/h7,13-14,18-19,21,24-26,28,33,38-39,43-44H,8-11H2,1-6H3,(H,40,41)/b16-7+,33-23?/t13-,14+,18-,19+,21+,24+,25-,26-,28+,31-,32-/m1/s1. The van der Waals surface area contributed by atoms with Crippen molar-refractivity contribution in [2.75, 3.05) is 13.7 Å². The molecule has 0 aromatic heterocycles. The minimum absolute atomic E-state index is 0.0129. The molecule has 0 bridgehead atoms. The van der Waals surface area contributed by atoms with Gasteiger partial charge in [-0.1, -0.05) is 13.0 Å². The van der Waals surface area contributed by atoms with Gasteiger partial charge >= 0.3 is 23.9 Å². The maximum Gasteiger partial charge on any atom is 0.357 e. The number of carbonyl (C=O) groups excluding carboxylic acids is 4. The molecule has 0 amide bonds. The van der Waals surface area contributed by atoms with Crippen LogP contribution in [0.15, 0.2) is 28.1 Å². The number of ketones is 1. The fourth-order valence-electron chi connectivity index (χ4n) is 6.28. The quantitative estimate of drug-likeness (QED) is 0.0467. The number of carboxylic acids is 1. The highest BCUT2D eigenvalue weighted by atomic mass is 32.1. The molecule has 0 spiro atoms. The van der Waals surface area contributed by atoms with E-state index in [1.54, 1.807) is 6.92 Å². The topological polar surface area (TPSA) is 287 Å². The number of nitrogens with one attached hydrogen (secondary N) is 1. The Labute approximate surface area is 302 Å². The Balaban J connectivity index is 2.16. The lowest BCUT2D eigenvalue weighted by Crippen LogP contribution is -2.70. The molecule has 0 radical (unpaired) electrons. The largest absolute Gasteiger partial charge is 0.508 e. The van der Waals surface area contributed by atoms with Gasteiger partial charge in [-0.05, 0) is 33.0 Å². The van der Waals surface area contributed by atoms with Gasteiger partial charge < -0.3 is 58.7 Å². The second-order valence-corrected chi connectivity index (χ2v) is 12.4. The Morgan fingerprint density at radius 3 is 2.40 bits per heavy atom. The first kappa shape index (κ1) is 42.4. The first-order chi connectivity index (χ1) is 24.3. The maximum atomic E-state index is 13.3. The summed E-state index contributed by atoms with van der Waals surface area (Å²) >= 11 is 4.59. The van der Waals surface area contributed by atoms with Gasteiger partial charge in [0, 0.05) is 26.9 Å². The molecule has 0 saturated carbocycles. The van der Waals surface area contributed by atoms with Crippen molar-refractivity contribution in [3.8, 4) is 0 Å². The van der Waals surface area contributed by atoms with Crippen molar-refractivity contribution in [3.05, 3.63) is 23.1 Å². The van der Waals surface area contributed by atoms with Gasteiger partial charge in [0.25, 0.3) is 0 Å². The minimum atomic E-state index is -3.02. The summed E-state index contributed by atoms with van der Waals surface area (Å²) in [6.45, 7) is 6.11. The highest BCUT2D eigenvalue weighted by Crippen LogP contribution is 2.42. The van der Waals surface area contributed by atoms with Crippen LogP contribution in [0.4, 0.5) is 0 Å². The van der Waals surface area contributed by atoms with Crippen LogP contribution in [0.1, 0.15) is 53.9 Å². The number of Topliss-reactive ketones (excluding diaryl/α,β-unsaturated/α-hetero) is 1. The Bertz CT molecular complexity index is 1560. The number of rotatable bonds is 13. The summed E-state index contributed by atoms with van der Waals surface area (Å²) in [7, 11) is 1.26. The average Bonchev–Trinajstić information content (AvgIpc) is 3.08. The molecule has 0 unspecified atom stereocenters. The van der Waals surface area contributed by atoms with Crippen LogP contribution >= 0.6 is 12.2 Å². The zero-order chi connectivity index (χ0) is 39.3. The number of aliphatic carboxylic acids is 1. The molecule has 1 aliphatic carbocycles. The van der Waals surface area contributed by atoms with Crippen molar-refractivity contribution in [2.45, 2.75) is 120 Å². The van der Waals surface area contributed by atoms with E-state index in [0.717, 1.165) is 6.92 Å². The molecule has 11 atom stereocenters. The summed E-state index contributed by atoms with van der Waals surface area (Å²) in [4.78, 5) is 65.6. The van der Waals surface area contributed by atoms with E-state index >= 15 is 0 Å². The molecule has 2 heterocycles. The van der Waals surface area contributed by atoms with Crippen LogP contribution in [0, 0.1) is 5.41 Å². The molecule has 0 aromatic carbocycles. The Morgan fingerprint density at radius 1 is 1.21 bits per heavy atom. The first-order valence-electron chi connectivity index (χ1n) is 16.0. The lowest BCUT2D eigenvalue weighted by molar-refractivity contribution is -0.345. The average molecular weight is 759 g/mol. The number of allylic oxidation sites excluding steroid dienone is 1. The van der Waals surface area contributed by atoms with Gasteiger partial charge in [-0.25, -0.2) is 9.59 Å². The van der Waals surface area contributed by atoms with Crippen LogP contribution in [-0.2, 0) is 57.1 Å². The van der Waals surface area contributed by atoms with E-state index in [1.807, 2.05) is 5.16 Å². The predicted octanol–water partition coefficient (Wildman–Crippen LogP) is -0.176. The molecule has 3 rings (SSSR count). The number of esters is 3. The molecule has 2 aliphatic heterocycles. The molecular weight excluding hydrogens is 716 g/mol. The number of hydrogen-bond acceptors (Lipinski definition) is 19. The van der Waals surface area contributed by atoms with Crippen molar-refractivity contribution >= 4 is 52.8 Å². The number of aliphatic hydroxyl groups is 4. The van der Waals surface area contributed by atoms with Crippen LogP contribution in [0.3, 0.4) is 0 Å². The van der Waals surface area contributed by atoms with Gasteiger partial charge in [0.15, 0.2) is 35.1 Å². The zero-order valence-electron chi connectivity index (χ0n) is 29.1. The van der Waals surface area contributed by atoms with E-state index < -0.39 is 126 Å². The number of carboxylic acid groups (broad SMARTS) is 1. The molecule has 20 heteroatoms. The number of carbonyl (C=O) groups is 5. The lowest BCUT2D eigenvalue weighted by atomic mass is 9.74. The van der Waals surface area contributed by atoms with Crippen molar-refractivity contribution in [3.63, 3.8) is 0 Å². The van der Waals surface area contributed by atoms with Crippen LogP contribution in [0.5, 0.6) is 0 Å². The van der Waals surface area contributed by atoms with Crippen LogP contribution in [-0.4, -0.2) is 146 Å². The fourth-order valence-corrected chi connectivity index (χ4v) is 6.38. The van der Waals surface area contributed by atoms with Gasteiger partial charge in [-0.2, -0.15) is 4.99 Å². The summed E-state index contributed by atoms with van der Waals surface area (Å²) in [6.07, 6.45) is -14.9. The second-order valence-electron chi connectivity index (χ2n) is 12.2. The first-order valence-corrected chi connectivity index (χ1v) is 16.4. The lowest BCUT2D eigenvalue weighted by Gasteiger charge is -2.52. The van der Waals surface area contributed by atoms with Gasteiger partial charge in [0.05, 0.1) is 23.8 Å². The summed E-state index contributed by atoms with van der Waals surface area (Å²) in [5.41, 5.74) is -7.72. The van der Waals surface area contributed by atoms with Gasteiger partial charge in [-0.3, -0.25) is 19.8 Å². The van der Waals surface area contributed by atoms with E-state index in [4.69, 9.17) is 38.6 Å². The number of hydrogen-bond donors (Lipinski definition) is 6. The van der Waals surface area contributed by atoms with Crippen molar-refractivity contribution in [1.29, 1.82) is 5.41 Å². The Morgan fingerprint density at radius 2 is 1.87 bits per heavy atom. The molecule has 0 aromatic rings. The molecule has 2 fully saturated rings. The van der Waals surface area contributed by atoms with Gasteiger partial charge in [0.1, 0.15) is 54.2 Å². The van der Waals surface area contributed by atoms with Crippen molar-refractivity contribution in [1.82, 2.24) is 0 Å². The van der Waals surface area contributed by atoms with Crippen LogP contribution in [0.2, 0.25) is 0 Å². The third-order valence-corrected chi connectivity index (χ3v) is 9.15. The normalized spacial score (nSPS) is 34.5. The second kappa shape index (κ2) is 17.2. The molecular formula is C32H42N2O17S. The smallest absolute Gasteiger partial charge is 0.357 e. The summed E-state index contributed by atoms with van der Waals surface area (Å²) < 4.78 is 39.6. The molecule has 6 N–H and O–H groups in total. The van der Waals surface area contributed by atoms with E-state index in [-0.39, 0.29) is 18.5 Å².